The zero-order valence-electron chi connectivity index (χ0n) is 12.0. The van der Waals surface area contributed by atoms with E-state index in [2.05, 4.69) is 17.2 Å². The number of benzene rings is 1. The van der Waals surface area contributed by atoms with Crippen molar-refractivity contribution in [2.24, 2.45) is 0 Å². The standard InChI is InChI=1S/C15H18N2O3S/c1-3-7-20-12-6-4-5-11(8-12)9-16-15-17-10(2)13(21-15)14(18)19/h4-6,8H,3,7,9H2,1-2H3,(H,16,17)(H,18,19). The van der Waals surface area contributed by atoms with E-state index in [9.17, 15) is 4.79 Å². The van der Waals surface area contributed by atoms with Gasteiger partial charge in [0.05, 0.1) is 12.3 Å². The Hall–Kier alpha value is -2.08. The number of carboxylic acid groups (broad SMARTS) is 1. The highest BCUT2D eigenvalue weighted by molar-refractivity contribution is 7.17. The molecule has 0 atom stereocenters. The van der Waals surface area contributed by atoms with Gasteiger partial charge in [-0.05, 0) is 31.0 Å². The molecule has 6 heteroatoms. The fourth-order valence-electron chi connectivity index (χ4n) is 1.81. The van der Waals surface area contributed by atoms with Gasteiger partial charge >= 0.3 is 5.97 Å². The third kappa shape index (κ3) is 4.19. The minimum absolute atomic E-state index is 0.275. The molecule has 0 aliphatic heterocycles. The van der Waals surface area contributed by atoms with Crippen LogP contribution in [0.5, 0.6) is 5.75 Å². The topological polar surface area (TPSA) is 71.5 Å². The number of ether oxygens (including phenoxy) is 1. The predicted molar refractivity (Wildman–Crippen MR) is 83.4 cm³/mol. The van der Waals surface area contributed by atoms with Crippen molar-refractivity contribution in [3.8, 4) is 5.75 Å². The van der Waals surface area contributed by atoms with E-state index < -0.39 is 5.97 Å². The van der Waals surface area contributed by atoms with Gasteiger partial charge in [0.25, 0.3) is 0 Å². The molecule has 0 fully saturated rings. The van der Waals surface area contributed by atoms with Crippen LogP contribution in [0.2, 0.25) is 0 Å². The number of anilines is 1. The number of rotatable bonds is 7. The molecule has 1 heterocycles. The van der Waals surface area contributed by atoms with Gasteiger partial charge in [0.15, 0.2) is 5.13 Å². The molecule has 0 saturated heterocycles. The van der Waals surface area contributed by atoms with E-state index in [1.165, 1.54) is 0 Å². The summed E-state index contributed by atoms with van der Waals surface area (Å²) in [5, 5.41) is 12.8. The number of hydrogen-bond acceptors (Lipinski definition) is 5. The summed E-state index contributed by atoms with van der Waals surface area (Å²) in [5.74, 6) is -0.0919. The molecule has 1 aromatic carbocycles. The Labute approximate surface area is 127 Å². The molecule has 0 spiro atoms. The van der Waals surface area contributed by atoms with Crippen LogP contribution in [-0.4, -0.2) is 22.7 Å². The average Bonchev–Trinajstić information content (AvgIpc) is 2.85. The zero-order valence-corrected chi connectivity index (χ0v) is 12.9. The van der Waals surface area contributed by atoms with Crippen molar-refractivity contribution in [3.63, 3.8) is 0 Å². The van der Waals surface area contributed by atoms with Crippen molar-refractivity contribution in [1.82, 2.24) is 4.98 Å². The SMILES string of the molecule is CCCOc1cccc(CNc2nc(C)c(C(=O)O)s2)c1. The average molecular weight is 306 g/mol. The number of nitrogens with one attached hydrogen (secondary N) is 1. The molecule has 0 radical (unpaired) electrons. The number of carbonyl (C=O) groups is 1. The molecule has 112 valence electrons. The second-order valence-electron chi connectivity index (χ2n) is 4.59. The lowest BCUT2D eigenvalue weighted by Crippen LogP contribution is -2.00. The van der Waals surface area contributed by atoms with Gasteiger partial charge in [0, 0.05) is 6.54 Å². The van der Waals surface area contributed by atoms with Gasteiger partial charge in [-0.25, -0.2) is 9.78 Å². The zero-order chi connectivity index (χ0) is 15.2. The minimum atomic E-state index is -0.937. The maximum atomic E-state index is 11.0. The summed E-state index contributed by atoms with van der Waals surface area (Å²) >= 11 is 1.15. The number of hydrogen-bond donors (Lipinski definition) is 2. The third-order valence-electron chi connectivity index (χ3n) is 2.81. The van der Waals surface area contributed by atoms with Crippen molar-refractivity contribution in [3.05, 3.63) is 40.4 Å². The van der Waals surface area contributed by atoms with Crippen LogP contribution in [0.25, 0.3) is 0 Å². The second kappa shape index (κ2) is 7.08. The molecule has 2 aromatic rings. The molecule has 5 nitrogen and oxygen atoms in total. The minimum Gasteiger partial charge on any atom is -0.494 e. The molecule has 2 N–H and O–H groups in total. The molecule has 0 amide bonds. The summed E-state index contributed by atoms with van der Waals surface area (Å²) in [5.41, 5.74) is 1.60. The molecular formula is C15H18N2O3S. The van der Waals surface area contributed by atoms with Crippen LogP contribution in [-0.2, 0) is 6.54 Å². The number of aromatic carboxylic acids is 1. The Bertz CT molecular complexity index is 625. The third-order valence-corrected chi connectivity index (χ3v) is 3.91. The number of nitrogens with zero attached hydrogens (tertiary/aromatic N) is 1. The molecule has 0 saturated carbocycles. The summed E-state index contributed by atoms with van der Waals surface area (Å²) in [6.45, 7) is 5.04. The smallest absolute Gasteiger partial charge is 0.347 e. The lowest BCUT2D eigenvalue weighted by atomic mass is 10.2. The molecule has 0 aliphatic rings. The quantitative estimate of drug-likeness (QED) is 0.818. The summed E-state index contributed by atoms with van der Waals surface area (Å²) in [7, 11) is 0. The van der Waals surface area contributed by atoms with Gasteiger partial charge in [-0.1, -0.05) is 30.4 Å². The Morgan fingerprint density at radius 2 is 2.29 bits per heavy atom. The summed E-state index contributed by atoms with van der Waals surface area (Å²) in [4.78, 5) is 15.5. The highest BCUT2D eigenvalue weighted by Gasteiger charge is 2.13. The van der Waals surface area contributed by atoms with Gasteiger partial charge in [-0.15, -0.1) is 0 Å². The first-order valence-electron chi connectivity index (χ1n) is 6.76. The predicted octanol–water partition coefficient (Wildman–Crippen LogP) is 3.55. The van der Waals surface area contributed by atoms with Crippen molar-refractivity contribution in [1.29, 1.82) is 0 Å². The van der Waals surface area contributed by atoms with E-state index in [-0.39, 0.29) is 4.88 Å². The van der Waals surface area contributed by atoms with Gasteiger partial charge in [-0.3, -0.25) is 0 Å². The van der Waals surface area contributed by atoms with Crippen LogP contribution in [0.4, 0.5) is 5.13 Å². The first kappa shape index (κ1) is 15.3. The van der Waals surface area contributed by atoms with Crippen molar-refractivity contribution in [2.45, 2.75) is 26.8 Å². The highest BCUT2D eigenvalue weighted by Crippen LogP contribution is 2.23. The Morgan fingerprint density at radius 3 is 2.95 bits per heavy atom. The summed E-state index contributed by atoms with van der Waals surface area (Å²) < 4.78 is 5.58. The van der Waals surface area contributed by atoms with Crippen LogP contribution >= 0.6 is 11.3 Å². The monoisotopic (exact) mass is 306 g/mol. The molecule has 0 unspecified atom stereocenters. The van der Waals surface area contributed by atoms with Gasteiger partial charge < -0.3 is 15.2 Å². The molecule has 0 bridgehead atoms. The lowest BCUT2D eigenvalue weighted by molar-refractivity contribution is 0.0701. The van der Waals surface area contributed by atoms with Gasteiger partial charge in [0.2, 0.25) is 0 Å². The van der Waals surface area contributed by atoms with Crippen LogP contribution in [0.1, 0.15) is 34.3 Å². The molecule has 1 aromatic heterocycles. The first-order chi connectivity index (χ1) is 10.1. The van der Waals surface area contributed by atoms with E-state index in [1.807, 2.05) is 24.3 Å². The molecule has 21 heavy (non-hydrogen) atoms. The Morgan fingerprint density at radius 1 is 1.48 bits per heavy atom. The van der Waals surface area contributed by atoms with E-state index in [0.717, 1.165) is 29.1 Å². The fraction of sp³-hybridized carbons (Fsp3) is 0.333. The van der Waals surface area contributed by atoms with Crippen LogP contribution in [0.3, 0.4) is 0 Å². The van der Waals surface area contributed by atoms with Crippen molar-refractivity contribution >= 4 is 22.4 Å². The largest absolute Gasteiger partial charge is 0.494 e. The summed E-state index contributed by atoms with van der Waals surface area (Å²) in [6.07, 6.45) is 0.971. The molecule has 2 rings (SSSR count). The highest BCUT2D eigenvalue weighted by atomic mass is 32.1. The lowest BCUT2D eigenvalue weighted by Gasteiger charge is -2.07. The maximum absolute atomic E-state index is 11.0. The number of aryl methyl sites for hydroxylation is 1. The fourth-order valence-corrected chi connectivity index (χ4v) is 2.61. The molecule has 0 aliphatic carbocycles. The van der Waals surface area contributed by atoms with E-state index in [1.54, 1.807) is 6.92 Å². The van der Waals surface area contributed by atoms with E-state index >= 15 is 0 Å². The maximum Gasteiger partial charge on any atom is 0.347 e. The van der Waals surface area contributed by atoms with Crippen LogP contribution in [0.15, 0.2) is 24.3 Å². The number of thiazole rings is 1. The van der Waals surface area contributed by atoms with Crippen LogP contribution < -0.4 is 10.1 Å². The normalized spacial score (nSPS) is 10.4. The van der Waals surface area contributed by atoms with E-state index in [4.69, 9.17) is 9.84 Å². The Kier molecular flexibility index (Phi) is 5.16. The Balaban J connectivity index is 1.99. The summed E-state index contributed by atoms with van der Waals surface area (Å²) in [6, 6.07) is 7.83. The van der Waals surface area contributed by atoms with Gasteiger partial charge in [0.1, 0.15) is 10.6 Å². The van der Waals surface area contributed by atoms with Gasteiger partial charge in [-0.2, -0.15) is 0 Å². The first-order valence-corrected chi connectivity index (χ1v) is 7.58. The van der Waals surface area contributed by atoms with Crippen molar-refractivity contribution < 1.29 is 14.6 Å². The molecular weight excluding hydrogens is 288 g/mol. The second-order valence-corrected chi connectivity index (χ2v) is 5.59. The number of carboxylic acids is 1. The van der Waals surface area contributed by atoms with Crippen LogP contribution in [0, 0.1) is 6.92 Å². The number of aromatic nitrogens is 1. The van der Waals surface area contributed by atoms with Crippen molar-refractivity contribution in [2.75, 3.05) is 11.9 Å². The van der Waals surface area contributed by atoms with E-state index in [0.29, 0.717) is 24.0 Å².